The Balaban J connectivity index is 1.67. The fourth-order valence-electron chi connectivity index (χ4n) is 3.67. The molecule has 0 radical (unpaired) electrons. The lowest BCUT2D eigenvalue weighted by Crippen LogP contribution is -2.20. The zero-order chi connectivity index (χ0) is 19.5. The van der Waals surface area contributed by atoms with Gasteiger partial charge in [-0.3, -0.25) is 9.20 Å². The maximum absolute atomic E-state index is 12.7. The van der Waals surface area contributed by atoms with Crippen LogP contribution in [-0.2, 0) is 0 Å². The van der Waals surface area contributed by atoms with Gasteiger partial charge in [0.2, 0.25) is 0 Å². The molecule has 1 aliphatic rings. The number of benzene rings is 1. The SMILES string of the molecule is COc1ccc(-c2cc(=O)n3cc(OC4CCCCC4)ccc3n2)cc1OC. The van der Waals surface area contributed by atoms with Crippen LogP contribution in [0.2, 0.25) is 0 Å². The smallest absolute Gasteiger partial charge is 0.258 e. The highest BCUT2D eigenvalue weighted by atomic mass is 16.5. The van der Waals surface area contributed by atoms with Crippen molar-refractivity contribution in [3.8, 4) is 28.5 Å². The van der Waals surface area contributed by atoms with Gasteiger partial charge in [-0.25, -0.2) is 4.98 Å². The normalized spacial score (nSPS) is 14.8. The van der Waals surface area contributed by atoms with Crippen LogP contribution in [-0.4, -0.2) is 29.7 Å². The van der Waals surface area contributed by atoms with Crippen molar-refractivity contribution in [2.75, 3.05) is 14.2 Å². The molecule has 28 heavy (non-hydrogen) atoms. The number of ether oxygens (including phenoxy) is 3. The summed E-state index contributed by atoms with van der Waals surface area (Å²) in [5, 5.41) is 0. The van der Waals surface area contributed by atoms with Gasteiger partial charge in [-0.15, -0.1) is 0 Å². The van der Waals surface area contributed by atoms with Crippen LogP contribution in [0.5, 0.6) is 17.2 Å². The first-order valence-electron chi connectivity index (χ1n) is 9.60. The van der Waals surface area contributed by atoms with E-state index < -0.39 is 0 Å². The summed E-state index contributed by atoms with van der Waals surface area (Å²) < 4.78 is 18.2. The summed E-state index contributed by atoms with van der Waals surface area (Å²) in [6, 6.07) is 10.7. The van der Waals surface area contributed by atoms with Crippen molar-refractivity contribution in [3.63, 3.8) is 0 Å². The molecule has 0 saturated heterocycles. The number of hydrogen-bond acceptors (Lipinski definition) is 5. The van der Waals surface area contributed by atoms with Crippen LogP contribution < -0.4 is 19.8 Å². The Morgan fingerprint density at radius 2 is 1.75 bits per heavy atom. The predicted octanol–water partition coefficient (Wildman–Crippen LogP) is 4.09. The van der Waals surface area contributed by atoms with Gasteiger partial charge in [0, 0.05) is 11.6 Å². The Hall–Kier alpha value is -3.02. The predicted molar refractivity (Wildman–Crippen MR) is 108 cm³/mol. The molecule has 1 saturated carbocycles. The number of methoxy groups -OCH3 is 2. The Bertz CT molecular complexity index is 1040. The van der Waals surface area contributed by atoms with Gasteiger partial charge in [0.1, 0.15) is 11.4 Å². The standard InChI is InChI=1S/C22H24N2O4/c1-26-19-10-8-15(12-20(19)27-2)18-13-22(25)24-14-17(9-11-21(24)23-18)28-16-6-4-3-5-7-16/h8-14,16H,3-7H2,1-2H3. The van der Waals surface area contributed by atoms with Crippen LogP contribution in [0.15, 0.2) is 47.4 Å². The van der Waals surface area contributed by atoms with E-state index in [0.717, 1.165) is 18.4 Å². The summed E-state index contributed by atoms with van der Waals surface area (Å²) in [4.78, 5) is 17.3. The maximum Gasteiger partial charge on any atom is 0.258 e. The van der Waals surface area contributed by atoms with E-state index in [1.54, 1.807) is 26.5 Å². The van der Waals surface area contributed by atoms with Gasteiger partial charge in [-0.05, 0) is 56.0 Å². The number of nitrogens with zero attached hydrogens (tertiary/aromatic N) is 2. The molecule has 0 unspecified atom stereocenters. The summed E-state index contributed by atoms with van der Waals surface area (Å²) >= 11 is 0. The summed E-state index contributed by atoms with van der Waals surface area (Å²) in [5.74, 6) is 1.94. The van der Waals surface area contributed by atoms with Crippen LogP contribution >= 0.6 is 0 Å². The van der Waals surface area contributed by atoms with Crippen LogP contribution in [0, 0.1) is 0 Å². The van der Waals surface area contributed by atoms with Gasteiger partial charge in [-0.2, -0.15) is 0 Å². The van der Waals surface area contributed by atoms with Crippen molar-refractivity contribution in [3.05, 3.63) is 52.9 Å². The molecule has 0 aliphatic heterocycles. The lowest BCUT2D eigenvalue weighted by atomic mass is 9.98. The summed E-state index contributed by atoms with van der Waals surface area (Å²) in [6.45, 7) is 0. The van der Waals surface area contributed by atoms with Gasteiger partial charge < -0.3 is 14.2 Å². The molecule has 1 aromatic carbocycles. The third-order valence-corrected chi connectivity index (χ3v) is 5.17. The van der Waals surface area contributed by atoms with Crippen LogP contribution in [0.1, 0.15) is 32.1 Å². The van der Waals surface area contributed by atoms with E-state index in [1.165, 1.54) is 29.7 Å². The second-order valence-electron chi connectivity index (χ2n) is 7.02. The molecule has 0 bridgehead atoms. The first kappa shape index (κ1) is 18.3. The zero-order valence-electron chi connectivity index (χ0n) is 16.2. The monoisotopic (exact) mass is 380 g/mol. The second-order valence-corrected chi connectivity index (χ2v) is 7.02. The van der Waals surface area contributed by atoms with E-state index >= 15 is 0 Å². The van der Waals surface area contributed by atoms with Gasteiger partial charge in [0.05, 0.1) is 32.2 Å². The molecular formula is C22H24N2O4. The molecule has 0 amide bonds. The third kappa shape index (κ3) is 3.67. The highest BCUT2D eigenvalue weighted by Crippen LogP contribution is 2.31. The summed E-state index contributed by atoms with van der Waals surface area (Å²) in [5.41, 5.74) is 1.81. The quantitative estimate of drug-likeness (QED) is 0.667. The van der Waals surface area contributed by atoms with Gasteiger partial charge in [0.25, 0.3) is 5.56 Å². The van der Waals surface area contributed by atoms with E-state index in [2.05, 4.69) is 4.98 Å². The first-order valence-corrected chi connectivity index (χ1v) is 9.60. The molecule has 3 aromatic rings. The van der Waals surface area contributed by atoms with E-state index in [0.29, 0.717) is 28.6 Å². The first-order chi connectivity index (χ1) is 13.7. The fourth-order valence-corrected chi connectivity index (χ4v) is 3.67. The molecule has 4 rings (SSSR count). The third-order valence-electron chi connectivity index (χ3n) is 5.17. The summed E-state index contributed by atoms with van der Waals surface area (Å²) in [6.07, 6.45) is 7.80. The number of hydrogen-bond donors (Lipinski definition) is 0. The Morgan fingerprint density at radius 3 is 2.50 bits per heavy atom. The molecule has 0 spiro atoms. The Morgan fingerprint density at radius 1 is 0.964 bits per heavy atom. The zero-order valence-corrected chi connectivity index (χ0v) is 16.2. The molecule has 146 valence electrons. The highest BCUT2D eigenvalue weighted by Gasteiger charge is 2.15. The molecule has 0 N–H and O–H groups in total. The Kier molecular flexibility index (Phi) is 5.19. The number of fused-ring (bicyclic) bond motifs is 1. The lowest BCUT2D eigenvalue weighted by molar-refractivity contribution is 0.154. The van der Waals surface area contributed by atoms with Crippen LogP contribution in [0.4, 0.5) is 0 Å². The molecule has 6 heteroatoms. The minimum atomic E-state index is -0.149. The molecule has 6 nitrogen and oxygen atoms in total. The van der Waals surface area contributed by atoms with Gasteiger partial charge in [-0.1, -0.05) is 6.42 Å². The van der Waals surface area contributed by atoms with E-state index in [9.17, 15) is 4.79 Å². The average molecular weight is 380 g/mol. The molecular weight excluding hydrogens is 356 g/mol. The van der Waals surface area contributed by atoms with E-state index in [-0.39, 0.29) is 11.7 Å². The molecule has 2 heterocycles. The Labute approximate surface area is 163 Å². The average Bonchev–Trinajstić information content (AvgIpc) is 2.74. The minimum Gasteiger partial charge on any atom is -0.493 e. The number of rotatable bonds is 5. The lowest BCUT2D eigenvalue weighted by Gasteiger charge is -2.23. The van der Waals surface area contributed by atoms with Crippen LogP contribution in [0.25, 0.3) is 16.9 Å². The number of aromatic nitrogens is 2. The van der Waals surface area contributed by atoms with E-state index in [1.807, 2.05) is 24.3 Å². The van der Waals surface area contributed by atoms with E-state index in [4.69, 9.17) is 14.2 Å². The highest BCUT2D eigenvalue weighted by molar-refractivity contribution is 5.65. The van der Waals surface area contributed by atoms with Crippen molar-refractivity contribution in [1.82, 2.24) is 9.38 Å². The van der Waals surface area contributed by atoms with Crippen LogP contribution in [0.3, 0.4) is 0 Å². The van der Waals surface area contributed by atoms with Crippen molar-refractivity contribution < 1.29 is 14.2 Å². The summed E-state index contributed by atoms with van der Waals surface area (Å²) in [7, 11) is 3.17. The fraction of sp³-hybridized carbons (Fsp3) is 0.364. The number of pyridine rings is 1. The topological polar surface area (TPSA) is 62.1 Å². The van der Waals surface area contributed by atoms with Crippen molar-refractivity contribution in [1.29, 1.82) is 0 Å². The van der Waals surface area contributed by atoms with Crippen molar-refractivity contribution in [2.24, 2.45) is 0 Å². The molecule has 1 fully saturated rings. The van der Waals surface area contributed by atoms with Gasteiger partial charge >= 0.3 is 0 Å². The van der Waals surface area contributed by atoms with Crippen molar-refractivity contribution in [2.45, 2.75) is 38.2 Å². The maximum atomic E-state index is 12.7. The largest absolute Gasteiger partial charge is 0.493 e. The molecule has 0 atom stereocenters. The van der Waals surface area contributed by atoms with Gasteiger partial charge in [0.15, 0.2) is 11.5 Å². The minimum absolute atomic E-state index is 0.149. The second kappa shape index (κ2) is 7.92. The molecule has 1 aliphatic carbocycles. The van der Waals surface area contributed by atoms with Crippen molar-refractivity contribution >= 4 is 5.65 Å². The molecule has 2 aromatic heterocycles.